The summed E-state index contributed by atoms with van der Waals surface area (Å²) in [5, 5.41) is 3.59. The van der Waals surface area contributed by atoms with Gasteiger partial charge in [-0.15, -0.1) is 0 Å². The Labute approximate surface area is 152 Å². The minimum Gasteiger partial charge on any atom is -0.375 e. The molecule has 6 heteroatoms. The first-order chi connectivity index (χ1) is 12.0. The van der Waals surface area contributed by atoms with Gasteiger partial charge in [-0.3, -0.25) is 9.59 Å². The number of hydrogen-bond donors (Lipinski definition) is 1. The van der Waals surface area contributed by atoms with Crippen LogP contribution in [0.1, 0.15) is 15.9 Å². The van der Waals surface area contributed by atoms with Gasteiger partial charge in [-0.05, 0) is 36.2 Å². The zero-order valence-electron chi connectivity index (χ0n) is 14.3. The molecule has 1 heterocycles. The Bertz CT molecular complexity index is 820. The van der Waals surface area contributed by atoms with Crippen molar-refractivity contribution in [1.82, 2.24) is 4.90 Å². The highest BCUT2D eigenvalue weighted by atomic mass is 35.5. The van der Waals surface area contributed by atoms with E-state index in [9.17, 15) is 9.59 Å². The second kappa shape index (κ2) is 7.15. The monoisotopic (exact) mass is 357 g/mol. The Kier molecular flexibility index (Phi) is 4.95. The number of fused-ring (bicyclic) bond motifs is 1. The molecular weight excluding hydrogens is 338 g/mol. The standard InChI is InChI=1S/C19H20ClN3O2/c1-22(2)19(25)15-8-7-14(20)11-16(15)21-12-18(24)23-10-9-13-5-3-4-6-17(13)23/h3-8,11,21H,9-10,12H2,1-2H3. The number of halogens is 1. The molecule has 1 N–H and O–H groups in total. The van der Waals surface area contributed by atoms with E-state index in [0.29, 0.717) is 22.8 Å². The molecule has 2 amide bonds. The molecule has 0 atom stereocenters. The van der Waals surface area contributed by atoms with Crippen LogP contribution >= 0.6 is 11.6 Å². The van der Waals surface area contributed by atoms with Crippen LogP contribution in [0.25, 0.3) is 0 Å². The Morgan fingerprint density at radius 3 is 2.72 bits per heavy atom. The maximum Gasteiger partial charge on any atom is 0.255 e. The number of nitrogens with one attached hydrogen (secondary N) is 1. The molecule has 2 aromatic carbocycles. The molecule has 2 aromatic rings. The zero-order valence-corrected chi connectivity index (χ0v) is 15.0. The first-order valence-electron chi connectivity index (χ1n) is 8.10. The molecular formula is C19H20ClN3O2. The third-order valence-electron chi connectivity index (χ3n) is 4.24. The van der Waals surface area contributed by atoms with E-state index in [1.54, 1.807) is 37.2 Å². The van der Waals surface area contributed by atoms with Crippen LogP contribution in [0.15, 0.2) is 42.5 Å². The molecule has 0 fully saturated rings. The first kappa shape index (κ1) is 17.3. The van der Waals surface area contributed by atoms with Gasteiger partial charge in [0.15, 0.2) is 0 Å². The maximum atomic E-state index is 12.6. The van der Waals surface area contributed by atoms with Crippen LogP contribution in [0.4, 0.5) is 11.4 Å². The van der Waals surface area contributed by atoms with Crippen molar-refractivity contribution < 1.29 is 9.59 Å². The van der Waals surface area contributed by atoms with Gasteiger partial charge >= 0.3 is 0 Å². The molecule has 0 spiro atoms. The number of rotatable bonds is 4. The van der Waals surface area contributed by atoms with Gasteiger partial charge in [-0.2, -0.15) is 0 Å². The number of para-hydroxylation sites is 1. The minimum absolute atomic E-state index is 0.0341. The highest BCUT2D eigenvalue weighted by Gasteiger charge is 2.24. The number of carbonyl (C=O) groups excluding carboxylic acids is 2. The summed E-state index contributed by atoms with van der Waals surface area (Å²) in [7, 11) is 3.38. The van der Waals surface area contributed by atoms with Gasteiger partial charge < -0.3 is 15.1 Å². The van der Waals surface area contributed by atoms with Crippen LogP contribution in [0.2, 0.25) is 5.02 Å². The summed E-state index contributed by atoms with van der Waals surface area (Å²) in [6, 6.07) is 12.9. The summed E-state index contributed by atoms with van der Waals surface area (Å²) >= 11 is 6.05. The number of benzene rings is 2. The van der Waals surface area contributed by atoms with E-state index in [4.69, 9.17) is 11.6 Å². The van der Waals surface area contributed by atoms with Crippen molar-refractivity contribution in [2.75, 3.05) is 37.4 Å². The van der Waals surface area contributed by atoms with Crippen LogP contribution in [0.5, 0.6) is 0 Å². The number of anilines is 2. The summed E-state index contributed by atoms with van der Waals surface area (Å²) < 4.78 is 0. The molecule has 130 valence electrons. The lowest BCUT2D eigenvalue weighted by molar-refractivity contribution is -0.116. The first-order valence-corrected chi connectivity index (χ1v) is 8.48. The SMILES string of the molecule is CN(C)C(=O)c1ccc(Cl)cc1NCC(=O)N1CCc2ccccc21. The van der Waals surface area contributed by atoms with Gasteiger partial charge in [-0.1, -0.05) is 29.8 Å². The van der Waals surface area contributed by atoms with Crippen LogP contribution in [-0.2, 0) is 11.2 Å². The average Bonchev–Trinajstić information content (AvgIpc) is 3.03. The van der Waals surface area contributed by atoms with E-state index in [1.807, 2.05) is 24.3 Å². The summed E-state index contributed by atoms with van der Waals surface area (Å²) in [5.41, 5.74) is 3.20. The Morgan fingerprint density at radius 1 is 1.20 bits per heavy atom. The summed E-state index contributed by atoms with van der Waals surface area (Å²) in [6.45, 7) is 0.779. The van der Waals surface area contributed by atoms with Crippen molar-refractivity contribution in [2.45, 2.75) is 6.42 Å². The largest absolute Gasteiger partial charge is 0.375 e. The van der Waals surface area contributed by atoms with E-state index in [-0.39, 0.29) is 18.4 Å². The smallest absolute Gasteiger partial charge is 0.255 e. The van der Waals surface area contributed by atoms with Gasteiger partial charge in [-0.25, -0.2) is 0 Å². The van der Waals surface area contributed by atoms with E-state index in [0.717, 1.165) is 12.1 Å². The normalized spacial score (nSPS) is 12.7. The Balaban J connectivity index is 1.75. The van der Waals surface area contributed by atoms with Crippen molar-refractivity contribution in [3.8, 4) is 0 Å². The van der Waals surface area contributed by atoms with Crippen LogP contribution < -0.4 is 10.2 Å². The fraction of sp³-hybridized carbons (Fsp3) is 0.263. The molecule has 1 aliphatic heterocycles. The lowest BCUT2D eigenvalue weighted by Crippen LogP contribution is -2.34. The number of amides is 2. The van der Waals surface area contributed by atoms with Crippen LogP contribution in [0.3, 0.4) is 0 Å². The summed E-state index contributed by atoms with van der Waals surface area (Å²) in [4.78, 5) is 28.2. The van der Waals surface area contributed by atoms with E-state index in [2.05, 4.69) is 5.32 Å². The number of hydrogen-bond acceptors (Lipinski definition) is 3. The molecule has 0 unspecified atom stereocenters. The fourth-order valence-electron chi connectivity index (χ4n) is 2.95. The van der Waals surface area contributed by atoms with Crippen molar-refractivity contribution in [3.63, 3.8) is 0 Å². The molecule has 0 aromatic heterocycles. The summed E-state index contributed by atoms with van der Waals surface area (Å²) in [5.74, 6) is -0.175. The van der Waals surface area contributed by atoms with E-state index in [1.165, 1.54) is 10.5 Å². The minimum atomic E-state index is -0.141. The van der Waals surface area contributed by atoms with Crippen LogP contribution in [0, 0.1) is 0 Å². The Hall–Kier alpha value is -2.53. The molecule has 0 saturated heterocycles. The molecule has 1 aliphatic rings. The molecule has 5 nitrogen and oxygen atoms in total. The average molecular weight is 358 g/mol. The molecule has 0 saturated carbocycles. The van der Waals surface area contributed by atoms with Crippen molar-refractivity contribution in [1.29, 1.82) is 0 Å². The van der Waals surface area contributed by atoms with Gasteiger partial charge in [0.25, 0.3) is 5.91 Å². The highest BCUT2D eigenvalue weighted by molar-refractivity contribution is 6.31. The van der Waals surface area contributed by atoms with Gasteiger partial charge in [0.05, 0.1) is 12.1 Å². The number of nitrogens with zero attached hydrogens (tertiary/aromatic N) is 2. The molecule has 0 radical (unpaired) electrons. The lowest BCUT2D eigenvalue weighted by atomic mass is 10.1. The van der Waals surface area contributed by atoms with E-state index >= 15 is 0 Å². The Morgan fingerprint density at radius 2 is 1.96 bits per heavy atom. The predicted molar refractivity (Wildman–Crippen MR) is 100 cm³/mol. The van der Waals surface area contributed by atoms with Gasteiger partial charge in [0.2, 0.25) is 5.91 Å². The second-order valence-corrected chi connectivity index (χ2v) is 6.60. The molecule has 0 aliphatic carbocycles. The number of carbonyl (C=O) groups is 2. The predicted octanol–water partition coefficient (Wildman–Crippen LogP) is 3.04. The van der Waals surface area contributed by atoms with Gasteiger partial charge in [0, 0.05) is 37.0 Å². The zero-order chi connectivity index (χ0) is 18.0. The van der Waals surface area contributed by atoms with Crippen molar-refractivity contribution >= 4 is 34.8 Å². The summed E-state index contributed by atoms with van der Waals surface area (Å²) in [6.07, 6.45) is 0.865. The third-order valence-corrected chi connectivity index (χ3v) is 4.47. The van der Waals surface area contributed by atoms with Crippen molar-refractivity contribution in [3.05, 3.63) is 58.6 Å². The van der Waals surface area contributed by atoms with E-state index < -0.39 is 0 Å². The lowest BCUT2D eigenvalue weighted by Gasteiger charge is -2.19. The quantitative estimate of drug-likeness (QED) is 0.915. The second-order valence-electron chi connectivity index (χ2n) is 6.17. The molecule has 0 bridgehead atoms. The highest BCUT2D eigenvalue weighted by Crippen LogP contribution is 2.28. The fourth-order valence-corrected chi connectivity index (χ4v) is 3.13. The third kappa shape index (κ3) is 3.61. The van der Waals surface area contributed by atoms with Crippen molar-refractivity contribution in [2.24, 2.45) is 0 Å². The van der Waals surface area contributed by atoms with Crippen LogP contribution in [-0.4, -0.2) is 43.9 Å². The molecule has 3 rings (SSSR count). The van der Waals surface area contributed by atoms with Gasteiger partial charge in [0.1, 0.15) is 0 Å². The molecule has 25 heavy (non-hydrogen) atoms. The maximum absolute atomic E-state index is 12.6. The topological polar surface area (TPSA) is 52.7 Å².